The molecule has 2 heterocycles. The van der Waals surface area contributed by atoms with E-state index in [-0.39, 0.29) is 17.6 Å². The van der Waals surface area contributed by atoms with Crippen molar-refractivity contribution in [1.82, 2.24) is 19.6 Å². The van der Waals surface area contributed by atoms with Crippen molar-refractivity contribution < 1.29 is 13.2 Å². The van der Waals surface area contributed by atoms with Crippen molar-refractivity contribution in [3.63, 3.8) is 0 Å². The molecule has 0 atom stereocenters. The van der Waals surface area contributed by atoms with Gasteiger partial charge in [0.05, 0.1) is 24.3 Å². The summed E-state index contributed by atoms with van der Waals surface area (Å²) >= 11 is 0. The molecule has 20 heavy (non-hydrogen) atoms. The van der Waals surface area contributed by atoms with Crippen molar-refractivity contribution in [2.75, 3.05) is 18.8 Å². The summed E-state index contributed by atoms with van der Waals surface area (Å²) in [5.41, 5.74) is 0.851. The van der Waals surface area contributed by atoms with E-state index in [2.05, 4.69) is 15.3 Å². The molecule has 0 unspecified atom stereocenters. The number of hydrogen-bond donors (Lipinski definition) is 2. The summed E-state index contributed by atoms with van der Waals surface area (Å²) in [6.07, 6.45) is 4.38. The van der Waals surface area contributed by atoms with E-state index < -0.39 is 10.0 Å². The minimum absolute atomic E-state index is 0.0202. The van der Waals surface area contributed by atoms with Crippen LogP contribution >= 0.6 is 0 Å². The molecule has 7 nitrogen and oxygen atoms in total. The highest BCUT2D eigenvalue weighted by atomic mass is 32.2. The summed E-state index contributed by atoms with van der Waals surface area (Å²) < 4.78 is 24.9. The van der Waals surface area contributed by atoms with Crippen LogP contribution in [-0.2, 0) is 21.4 Å². The Morgan fingerprint density at radius 2 is 2.20 bits per heavy atom. The number of amides is 1. The molecule has 1 saturated heterocycles. The Bertz CT molecular complexity index is 533. The standard InChI is InChI=1S/C12H20N4O3S/c1-2-20(18,19)16-5-3-10(4-6-16)12(17)14-8-11-7-13-9-15-11/h7,9-10H,2-6,8H2,1H3,(H,13,15)(H,14,17). The normalized spacial score (nSPS) is 18.1. The molecule has 1 aliphatic rings. The van der Waals surface area contributed by atoms with Crippen LogP contribution in [-0.4, -0.2) is 47.4 Å². The van der Waals surface area contributed by atoms with Gasteiger partial charge in [0.1, 0.15) is 0 Å². The quantitative estimate of drug-likeness (QED) is 0.805. The first-order chi connectivity index (χ1) is 9.53. The molecule has 112 valence electrons. The summed E-state index contributed by atoms with van der Waals surface area (Å²) in [4.78, 5) is 18.8. The molecule has 1 aliphatic heterocycles. The van der Waals surface area contributed by atoms with Crippen molar-refractivity contribution in [2.45, 2.75) is 26.3 Å². The van der Waals surface area contributed by atoms with Gasteiger partial charge in [0.15, 0.2) is 0 Å². The Balaban J connectivity index is 1.80. The lowest BCUT2D eigenvalue weighted by Crippen LogP contribution is -2.43. The van der Waals surface area contributed by atoms with Crippen LogP contribution in [0.3, 0.4) is 0 Å². The molecule has 2 N–H and O–H groups in total. The van der Waals surface area contributed by atoms with Crippen LogP contribution in [0.5, 0.6) is 0 Å². The molecule has 1 fully saturated rings. The van der Waals surface area contributed by atoms with Crippen LogP contribution in [0.2, 0.25) is 0 Å². The number of aromatic nitrogens is 2. The highest BCUT2D eigenvalue weighted by Gasteiger charge is 2.29. The highest BCUT2D eigenvalue weighted by Crippen LogP contribution is 2.20. The largest absolute Gasteiger partial charge is 0.350 e. The number of H-pyrrole nitrogens is 1. The van der Waals surface area contributed by atoms with Crippen molar-refractivity contribution >= 4 is 15.9 Å². The van der Waals surface area contributed by atoms with Gasteiger partial charge in [-0.15, -0.1) is 0 Å². The molecular weight excluding hydrogens is 280 g/mol. The molecule has 0 bridgehead atoms. The number of carbonyl (C=O) groups excluding carboxylic acids is 1. The first-order valence-electron chi connectivity index (χ1n) is 6.75. The van der Waals surface area contributed by atoms with Gasteiger partial charge in [-0.25, -0.2) is 17.7 Å². The van der Waals surface area contributed by atoms with E-state index in [1.54, 1.807) is 19.4 Å². The van der Waals surface area contributed by atoms with E-state index in [1.165, 1.54) is 4.31 Å². The summed E-state index contributed by atoms with van der Waals surface area (Å²) in [5, 5.41) is 2.84. The van der Waals surface area contributed by atoms with Crippen LogP contribution in [0, 0.1) is 5.92 Å². The van der Waals surface area contributed by atoms with Gasteiger partial charge < -0.3 is 10.3 Å². The average molecular weight is 300 g/mol. The predicted octanol–water partition coefficient (Wildman–Crippen LogP) is 0.0876. The van der Waals surface area contributed by atoms with E-state index in [9.17, 15) is 13.2 Å². The first kappa shape index (κ1) is 15.0. The molecule has 1 amide bonds. The van der Waals surface area contributed by atoms with E-state index in [4.69, 9.17) is 0 Å². The molecule has 1 aromatic heterocycles. The third-order valence-corrected chi connectivity index (χ3v) is 5.47. The fraction of sp³-hybridized carbons (Fsp3) is 0.667. The van der Waals surface area contributed by atoms with Crippen LogP contribution in [0.4, 0.5) is 0 Å². The maximum atomic E-state index is 12.0. The van der Waals surface area contributed by atoms with Gasteiger partial charge in [-0.2, -0.15) is 0 Å². The second kappa shape index (κ2) is 6.36. The van der Waals surface area contributed by atoms with Gasteiger partial charge in [-0.3, -0.25) is 4.79 Å². The lowest BCUT2D eigenvalue weighted by Gasteiger charge is -2.30. The van der Waals surface area contributed by atoms with Gasteiger partial charge in [-0.05, 0) is 19.8 Å². The number of imidazole rings is 1. The van der Waals surface area contributed by atoms with Gasteiger partial charge in [0, 0.05) is 25.2 Å². The molecular formula is C12H20N4O3S. The summed E-state index contributed by atoms with van der Waals surface area (Å²) in [7, 11) is -3.13. The Hall–Kier alpha value is -1.41. The number of rotatable bonds is 5. The molecule has 0 spiro atoms. The van der Waals surface area contributed by atoms with Crippen LogP contribution < -0.4 is 5.32 Å². The number of nitrogens with one attached hydrogen (secondary N) is 2. The number of hydrogen-bond acceptors (Lipinski definition) is 4. The van der Waals surface area contributed by atoms with Crippen molar-refractivity contribution in [3.05, 3.63) is 18.2 Å². The topological polar surface area (TPSA) is 95.2 Å². The molecule has 1 aromatic rings. The maximum absolute atomic E-state index is 12.0. The SMILES string of the molecule is CCS(=O)(=O)N1CCC(C(=O)NCc2cnc[nH]2)CC1. The summed E-state index contributed by atoms with van der Waals surface area (Å²) in [5.74, 6) is -0.0154. The fourth-order valence-electron chi connectivity index (χ4n) is 2.29. The van der Waals surface area contributed by atoms with Crippen LogP contribution in [0.15, 0.2) is 12.5 Å². The van der Waals surface area contributed by atoms with Crippen molar-refractivity contribution in [1.29, 1.82) is 0 Å². The van der Waals surface area contributed by atoms with Gasteiger partial charge >= 0.3 is 0 Å². The van der Waals surface area contributed by atoms with Crippen LogP contribution in [0.1, 0.15) is 25.5 Å². The smallest absolute Gasteiger partial charge is 0.223 e. The Labute approximate surface area is 118 Å². The zero-order valence-electron chi connectivity index (χ0n) is 11.5. The number of sulfonamides is 1. The average Bonchev–Trinajstić information content (AvgIpc) is 2.98. The number of piperidine rings is 1. The summed E-state index contributed by atoms with van der Waals surface area (Å²) in [6, 6.07) is 0. The van der Waals surface area contributed by atoms with E-state index in [0.717, 1.165) is 5.69 Å². The third kappa shape index (κ3) is 3.57. The fourth-order valence-corrected chi connectivity index (χ4v) is 3.42. The Morgan fingerprint density at radius 1 is 1.50 bits per heavy atom. The number of nitrogens with zero attached hydrogens (tertiary/aromatic N) is 2. The van der Waals surface area contributed by atoms with Gasteiger partial charge in [0.2, 0.25) is 15.9 Å². The van der Waals surface area contributed by atoms with Crippen molar-refractivity contribution in [3.8, 4) is 0 Å². The molecule has 0 aromatic carbocycles. The zero-order chi connectivity index (χ0) is 14.6. The van der Waals surface area contributed by atoms with Crippen LogP contribution in [0.25, 0.3) is 0 Å². The second-order valence-corrected chi connectivity index (χ2v) is 7.13. The maximum Gasteiger partial charge on any atom is 0.223 e. The predicted molar refractivity (Wildman–Crippen MR) is 74.2 cm³/mol. The number of aromatic amines is 1. The minimum atomic E-state index is -3.13. The Kier molecular flexibility index (Phi) is 4.77. The van der Waals surface area contributed by atoms with E-state index in [1.807, 2.05) is 0 Å². The van der Waals surface area contributed by atoms with Gasteiger partial charge in [-0.1, -0.05) is 0 Å². The Morgan fingerprint density at radius 3 is 2.75 bits per heavy atom. The van der Waals surface area contributed by atoms with E-state index >= 15 is 0 Å². The summed E-state index contributed by atoms with van der Waals surface area (Å²) in [6.45, 7) is 2.92. The lowest BCUT2D eigenvalue weighted by atomic mass is 9.97. The zero-order valence-corrected chi connectivity index (χ0v) is 12.3. The molecule has 0 aliphatic carbocycles. The molecule has 8 heteroatoms. The molecule has 0 radical (unpaired) electrons. The highest BCUT2D eigenvalue weighted by molar-refractivity contribution is 7.89. The molecule has 2 rings (SSSR count). The third-order valence-electron chi connectivity index (χ3n) is 3.59. The van der Waals surface area contributed by atoms with Gasteiger partial charge in [0.25, 0.3) is 0 Å². The number of carbonyl (C=O) groups is 1. The van der Waals surface area contributed by atoms with Crippen molar-refractivity contribution in [2.24, 2.45) is 5.92 Å². The molecule has 0 saturated carbocycles. The van der Waals surface area contributed by atoms with E-state index in [0.29, 0.717) is 32.5 Å². The monoisotopic (exact) mass is 300 g/mol. The second-order valence-electron chi connectivity index (χ2n) is 4.87. The first-order valence-corrected chi connectivity index (χ1v) is 8.36. The lowest BCUT2D eigenvalue weighted by molar-refractivity contribution is -0.126. The minimum Gasteiger partial charge on any atom is -0.350 e.